The zero-order valence-electron chi connectivity index (χ0n) is 10.7. The molecule has 0 aliphatic heterocycles. The van der Waals surface area contributed by atoms with E-state index in [1.807, 2.05) is 0 Å². The molecule has 0 bridgehead atoms. The van der Waals surface area contributed by atoms with Crippen LogP contribution in [0.4, 0.5) is 5.13 Å². The van der Waals surface area contributed by atoms with Crippen LogP contribution in [0.3, 0.4) is 0 Å². The third-order valence-electron chi connectivity index (χ3n) is 2.66. The number of rotatable bonds is 6. The summed E-state index contributed by atoms with van der Waals surface area (Å²) in [7, 11) is 4.22. The maximum Gasteiger partial charge on any atom is 0.183 e. The highest BCUT2D eigenvalue weighted by molar-refractivity contribution is 9.10. The SMILES string of the molecule is CN(C)CCCCNc1nc2cc(Br)ccc2s1. The van der Waals surface area contributed by atoms with Gasteiger partial charge < -0.3 is 10.2 Å². The van der Waals surface area contributed by atoms with E-state index in [2.05, 4.69) is 63.4 Å². The maximum atomic E-state index is 4.57. The summed E-state index contributed by atoms with van der Waals surface area (Å²) in [5.74, 6) is 0. The molecule has 0 aliphatic rings. The topological polar surface area (TPSA) is 28.2 Å². The molecule has 1 aromatic heterocycles. The highest BCUT2D eigenvalue weighted by Crippen LogP contribution is 2.28. The molecule has 0 atom stereocenters. The predicted octanol–water partition coefficient (Wildman–Crippen LogP) is 3.81. The molecule has 18 heavy (non-hydrogen) atoms. The fourth-order valence-electron chi connectivity index (χ4n) is 1.72. The van der Waals surface area contributed by atoms with Crippen LogP contribution < -0.4 is 5.32 Å². The van der Waals surface area contributed by atoms with Crippen molar-refractivity contribution in [2.24, 2.45) is 0 Å². The van der Waals surface area contributed by atoms with Gasteiger partial charge in [0.15, 0.2) is 5.13 Å². The first-order chi connectivity index (χ1) is 8.65. The summed E-state index contributed by atoms with van der Waals surface area (Å²) in [4.78, 5) is 6.79. The standard InChI is InChI=1S/C13H18BrN3S/c1-17(2)8-4-3-7-15-13-16-11-9-10(14)5-6-12(11)18-13/h5-6,9H,3-4,7-8H2,1-2H3,(H,15,16). The number of nitrogens with one attached hydrogen (secondary N) is 1. The molecule has 5 heteroatoms. The number of unbranched alkanes of at least 4 members (excludes halogenated alkanes) is 1. The lowest BCUT2D eigenvalue weighted by Gasteiger charge is -2.08. The van der Waals surface area contributed by atoms with E-state index >= 15 is 0 Å². The Bertz CT molecular complexity index is 510. The van der Waals surface area contributed by atoms with Gasteiger partial charge in [0.05, 0.1) is 10.2 Å². The summed E-state index contributed by atoms with van der Waals surface area (Å²) < 4.78 is 2.31. The molecule has 1 N–H and O–H groups in total. The van der Waals surface area contributed by atoms with Crippen LogP contribution in [0.25, 0.3) is 10.2 Å². The van der Waals surface area contributed by atoms with Crippen LogP contribution in [0.2, 0.25) is 0 Å². The van der Waals surface area contributed by atoms with Gasteiger partial charge in [-0.3, -0.25) is 0 Å². The van der Waals surface area contributed by atoms with Gasteiger partial charge >= 0.3 is 0 Å². The van der Waals surface area contributed by atoms with Crippen molar-refractivity contribution in [3.05, 3.63) is 22.7 Å². The predicted molar refractivity (Wildman–Crippen MR) is 83.6 cm³/mol. The first kappa shape index (κ1) is 13.8. The van der Waals surface area contributed by atoms with E-state index in [1.54, 1.807) is 11.3 Å². The first-order valence-electron chi connectivity index (χ1n) is 6.10. The molecule has 0 saturated heterocycles. The fourth-order valence-corrected chi connectivity index (χ4v) is 2.95. The van der Waals surface area contributed by atoms with E-state index in [4.69, 9.17) is 0 Å². The average Bonchev–Trinajstić information content (AvgIpc) is 2.70. The summed E-state index contributed by atoms with van der Waals surface area (Å²) in [6.07, 6.45) is 2.40. The second kappa shape index (κ2) is 6.50. The lowest BCUT2D eigenvalue weighted by Crippen LogP contribution is -2.14. The lowest BCUT2D eigenvalue weighted by atomic mass is 10.3. The van der Waals surface area contributed by atoms with E-state index in [0.29, 0.717) is 0 Å². The average molecular weight is 328 g/mol. The molecule has 0 unspecified atom stereocenters. The Hall–Kier alpha value is -0.650. The lowest BCUT2D eigenvalue weighted by molar-refractivity contribution is 0.396. The molecule has 2 rings (SSSR count). The normalized spacial score (nSPS) is 11.3. The summed E-state index contributed by atoms with van der Waals surface area (Å²) in [5.41, 5.74) is 1.06. The van der Waals surface area contributed by atoms with Crippen molar-refractivity contribution < 1.29 is 0 Å². The Morgan fingerprint density at radius 2 is 2.17 bits per heavy atom. The second-order valence-electron chi connectivity index (χ2n) is 4.57. The molecule has 0 saturated carbocycles. The molecule has 2 aromatic rings. The van der Waals surface area contributed by atoms with Crippen molar-refractivity contribution in [3.63, 3.8) is 0 Å². The number of hydrogen-bond acceptors (Lipinski definition) is 4. The number of benzene rings is 1. The van der Waals surface area contributed by atoms with Crippen LogP contribution in [-0.2, 0) is 0 Å². The Balaban J connectivity index is 1.84. The maximum absolute atomic E-state index is 4.57. The molecule has 0 fully saturated rings. The van der Waals surface area contributed by atoms with Crippen LogP contribution in [0.1, 0.15) is 12.8 Å². The summed E-state index contributed by atoms with van der Waals surface area (Å²) in [5, 5.41) is 4.42. The molecule has 0 amide bonds. The van der Waals surface area contributed by atoms with Gasteiger partial charge in [0, 0.05) is 11.0 Å². The molecule has 98 valence electrons. The van der Waals surface area contributed by atoms with Gasteiger partial charge in [-0.1, -0.05) is 27.3 Å². The monoisotopic (exact) mass is 327 g/mol. The Kier molecular flexibility index (Phi) is 4.97. The molecule has 1 heterocycles. The van der Waals surface area contributed by atoms with E-state index in [1.165, 1.54) is 17.5 Å². The van der Waals surface area contributed by atoms with Crippen LogP contribution in [0, 0.1) is 0 Å². The Labute approximate surface area is 120 Å². The van der Waals surface area contributed by atoms with Crippen molar-refractivity contribution in [1.29, 1.82) is 0 Å². The van der Waals surface area contributed by atoms with Crippen LogP contribution in [-0.4, -0.2) is 37.1 Å². The second-order valence-corrected chi connectivity index (χ2v) is 6.51. The third-order valence-corrected chi connectivity index (χ3v) is 4.15. The van der Waals surface area contributed by atoms with Crippen molar-refractivity contribution >= 4 is 42.6 Å². The molecule has 0 aliphatic carbocycles. The Morgan fingerprint density at radius 3 is 2.94 bits per heavy atom. The fraction of sp³-hybridized carbons (Fsp3) is 0.462. The van der Waals surface area contributed by atoms with Gasteiger partial charge in [-0.25, -0.2) is 4.98 Å². The van der Waals surface area contributed by atoms with Gasteiger partial charge in [-0.15, -0.1) is 0 Å². The molecular formula is C13H18BrN3S. The number of aromatic nitrogens is 1. The van der Waals surface area contributed by atoms with E-state index in [-0.39, 0.29) is 0 Å². The Morgan fingerprint density at radius 1 is 1.33 bits per heavy atom. The minimum atomic E-state index is 0.995. The number of halogens is 1. The minimum Gasteiger partial charge on any atom is -0.361 e. The molecule has 0 spiro atoms. The number of anilines is 1. The van der Waals surface area contributed by atoms with Crippen LogP contribution in [0.5, 0.6) is 0 Å². The number of fused-ring (bicyclic) bond motifs is 1. The first-order valence-corrected chi connectivity index (χ1v) is 7.71. The molecule has 3 nitrogen and oxygen atoms in total. The smallest absolute Gasteiger partial charge is 0.183 e. The number of hydrogen-bond donors (Lipinski definition) is 1. The van der Waals surface area contributed by atoms with Gasteiger partial charge in [0.25, 0.3) is 0 Å². The summed E-state index contributed by atoms with van der Waals surface area (Å²) in [6.45, 7) is 2.14. The third kappa shape index (κ3) is 3.93. The van der Waals surface area contributed by atoms with E-state index in [9.17, 15) is 0 Å². The van der Waals surface area contributed by atoms with Crippen molar-refractivity contribution in [2.45, 2.75) is 12.8 Å². The molecule has 0 radical (unpaired) electrons. The number of nitrogens with zero attached hydrogens (tertiary/aromatic N) is 2. The van der Waals surface area contributed by atoms with Crippen LogP contribution >= 0.6 is 27.3 Å². The zero-order valence-corrected chi connectivity index (χ0v) is 13.1. The largest absolute Gasteiger partial charge is 0.361 e. The van der Waals surface area contributed by atoms with Crippen molar-refractivity contribution in [1.82, 2.24) is 9.88 Å². The van der Waals surface area contributed by atoms with Crippen LogP contribution in [0.15, 0.2) is 22.7 Å². The molecule has 1 aromatic carbocycles. The quantitative estimate of drug-likeness (QED) is 0.817. The summed E-state index contributed by atoms with van der Waals surface area (Å²) >= 11 is 5.18. The van der Waals surface area contributed by atoms with E-state index in [0.717, 1.165) is 28.2 Å². The van der Waals surface area contributed by atoms with Gasteiger partial charge in [-0.2, -0.15) is 0 Å². The zero-order chi connectivity index (χ0) is 13.0. The van der Waals surface area contributed by atoms with Gasteiger partial charge in [0.2, 0.25) is 0 Å². The van der Waals surface area contributed by atoms with Gasteiger partial charge in [0.1, 0.15) is 0 Å². The molecular weight excluding hydrogens is 310 g/mol. The summed E-state index contributed by atoms with van der Waals surface area (Å²) in [6, 6.07) is 6.22. The number of thiazole rings is 1. The highest BCUT2D eigenvalue weighted by Gasteiger charge is 2.03. The minimum absolute atomic E-state index is 0.995. The van der Waals surface area contributed by atoms with Gasteiger partial charge in [-0.05, 0) is 51.7 Å². The van der Waals surface area contributed by atoms with Crippen molar-refractivity contribution in [3.8, 4) is 0 Å². The van der Waals surface area contributed by atoms with E-state index < -0.39 is 0 Å². The highest BCUT2D eigenvalue weighted by atomic mass is 79.9. The van der Waals surface area contributed by atoms with Crippen molar-refractivity contribution in [2.75, 3.05) is 32.5 Å².